The third-order valence-corrected chi connectivity index (χ3v) is 6.28. The third kappa shape index (κ3) is 5.56. The number of thioether (sulfide) groups is 1. The van der Waals surface area contributed by atoms with Crippen LogP contribution in [0.5, 0.6) is 0 Å². The Balaban J connectivity index is 1.63. The van der Waals surface area contributed by atoms with Crippen LogP contribution in [0.3, 0.4) is 0 Å². The zero-order valence-corrected chi connectivity index (χ0v) is 19.9. The highest BCUT2D eigenvalue weighted by atomic mass is 32.2. The summed E-state index contributed by atoms with van der Waals surface area (Å²) < 4.78 is 1.93. The van der Waals surface area contributed by atoms with Gasteiger partial charge in [-0.1, -0.05) is 36.0 Å². The minimum Gasteiger partial charge on any atom is -0.342 e. The summed E-state index contributed by atoms with van der Waals surface area (Å²) in [6, 6.07) is 13.0. The van der Waals surface area contributed by atoms with Crippen LogP contribution in [0, 0.1) is 20.8 Å². The Hall–Kier alpha value is -3.13. The summed E-state index contributed by atoms with van der Waals surface area (Å²) >= 11 is 1.33. The fraction of sp³-hybridized carbons (Fsp3) is 0.333. The highest BCUT2D eigenvalue weighted by molar-refractivity contribution is 7.99. The Morgan fingerprint density at radius 1 is 1.03 bits per heavy atom. The first-order valence-corrected chi connectivity index (χ1v) is 11.6. The van der Waals surface area contributed by atoms with Gasteiger partial charge < -0.3 is 15.2 Å². The van der Waals surface area contributed by atoms with Crippen LogP contribution in [-0.2, 0) is 11.3 Å². The number of hydrogen-bond donors (Lipinski definition) is 2. The van der Waals surface area contributed by atoms with Gasteiger partial charge in [0.15, 0.2) is 11.0 Å². The number of carbonyl (C=O) groups is 2. The van der Waals surface area contributed by atoms with E-state index in [4.69, 9.17) is 0 Å². The molecule has 168 valence electrons. The molecule has 0 spiro atoms. The minimum absolute atomic E-state index is 0.105. The topological polar surface area (TPSA) is 88.9 Å². The number of anilines is 1. The third-order valence-electron chi connectivity index (χ3n) is 5.31. The molecule has 8 heteroatoms. The van der Waals surface area contributed by atoms with E-state index in [1.807, 2.05) is 75.6 Å². The van der Waals surface area contributed by atoms with E-state index in [1.54, 1.807) is 6.07 Å². The van der Waals surface area contributed by atoms with Crippen molar-refractivity contribution in [3.63, 3.8) is 0 Å². The molecule has 1 aromatic heterocycles. The van der Waals surface area contributed by atoms with Gasteiger partial charge in [-0.25, -0.2) is 0 Å². The van der Waals surface area contributed by atoms with Crippen molar-refractivity contribution in [3.8, 4) is 0 Å². The number of nitrogens with zero attached hydrogens (tertiary/aromatic N) is 3. The summed E-state index contributed by atoms with van der Waals surface area (Å²) in [5.41, 5.74) is 4.65. The highest BCUT2D eigenvalue weighted by Crippen LogP contribution is 2.22. The van der Waals surface area contributed by atoms with Gasteiger partial charge >= 0.3 is 0 Å². The summed E-state index contributed by atoms with van der Waals surface area (Å²) in [6.07, 6.45) is 0. The Labute approximate surface area is 193 Å². The molecule has 0 saturated carbocycles. The van der Waals surface area contributed by atoms with E-state index < -0.39 is 0 Å². The molecule has 0 aliphatic rings. The standard InChI is InChI=1S/C24H29N5O2S/c1-6-29-22(18(5)25-23(31)20-10-8-7-9-16(20)3)27-28-24(29)32-14-21(30)26-19-12-11-15(2)17(4)13-19/h7-13,18H,6,14H2,1-5H3,(H,25,31)(H,26,30)/t18-/m0/s1. The first kappa shape index (κ1) is 23.5. The van der Waals surface area contributed by atoms with Gasteiger partial charge in [-0.3, -0.25) is 9.59 Å². The Kier molecular flexibility index (Phi) is 7.69. The Morgan fingerprint density at radius 2 is 1.78 bits per heavy atom. The van der Waals surface area contributed by atoms with Crippen LogP contribution in [-0.4, -0.2) is 32.3 Å². The second-order valence-electron chi connectivity index (χ2n) is 7.73. The average molecular weight is 452 g/mol. The zero-order chi connectivity index (χ0) is 23.3. The van der Waals surface area contributed by atoms with Crippen LogP contribution in [0.1, 0.15) is 52.8 Å². The number of benzene rings is 2. The Morgan fingerprint density at radius 3 is 2.47 bits per heavy atom. The van der Waals surface area contributed by atoms with E-state index in [9.17, 15) is 9.59 Å². The number of aromatic nitrogens is 3. The average Bonchev–Trinajstić information content (AvgIpc) is 3.18. The van der Waals surface area contributed by atoms with Crippen molar-refractivity contribution in [1.82, 2.24) is 20.1 Å². The molecule has 0 fully saturated rings. The number of hydrogen-bond acceptors (Lipinski definition) is 5. The van der Waals surface area contributed by atoms with Crippen molar-refractivity contribution < 1.29 is 9.59 Å². The lowest BCUT2D eigenvalue weighted by Crippen LogP contribution is -2.29. The summed E-state index contributed by atoms with van der Waals surface area (Å²) in [6.45, 7) is 10.5. The van der Waals surface area contributed by atoms with E-state index >= 15 is 0 Å². The van der Waals surface area contributed by atoms with Crippen molar-refractivity contribution in [2.75, 3.05) is 11.1 Å². The van der Waals surface area contributed by atoms with Crippen LogP contribution < -0.4 is 10.6 Å². The molecule has 0 bridgehead atoms. The van der Waals surface area contributed by atoms with Crippen molar-refractivity contribution >= 4 is 29.3 Å². The van der Waals surface area contributed by atoms with Gasteiger partial charge in [0, 0.05) is 17.8 Å². The summed E-state index contributed by atoms with van der Waals surface area (Å²) in [5, 5.41) is 15.1. The molecule has 1 heterocycles. The molecule has 0 radical (unpaired) electrons. The first-order chi connectivity index (χ1) is 15.3. The van der Waals surface area contributed by atoms with Crippen molar-refractivity contribution in [2.24, 2.45) is 0 Å². The lowest BCUT2D eigenvalue weighted by molar-refractivity contribution is -0.113. The molecule has 3 rings (SSSR count). The van der Waals surface area contributed by atoms with Gasteiger partial charge in [-0.15, -0.1) is 10.2 Å². The van der Waals surface area contributed by atoms with E-state index in [1.165, 1.54) is 17.3 Å². The molecule has 0 aliphatic carbocycles. The van der Waals surface area contributed by atoms with Gasteiger partial charge in [-0.2, -0.15) is 0 Å². The molecule has 0 aliphatic heterocycles. The largest absolute Gasteiger partial charge is 0.342 e. The fourth-order valence-electron chi connectivity index (χ4n) is 3.34. The molecule has 2 N–H and O–H groups in total. The van der Waals surface area contributed by atoms with Crippen LogP contribution in [0.4, 0.5) is 5.69 Å². The van der Waals surface area contributed by atoms with E-state index in [0.29, 0.717) is 23.1 Å². The summed E-state index contributed by atoms with van der Waals surface area (Å²) in [7, 11) is 0. The van der Waals surface area contributed by atoms with Crippen LogP contribution >= 0.6 is 11.8 Å². The summed E-state index contributed by atoms with van der Waals surface area (Å²) in [5.74, 6) is 0.621. The van der Waals surface area contributed by atoms with Crippen LogP contribution in [0.2, 0.25) is 0 Å². The normalized spacial score (nSPS) is 11.8. The van der Waals surface area contributed by atoms with Crippen molar-refractivity contribution in [3.05, 3.63) is 70.5 Å². The van der Waals surface area contributed by atoms with E-state index in [2.05, 4.69) is 20.8 Å². The smallest absolute Gasteiger partial charge is 0.252 e. The molecular formula is C24H29N5O2S. The number of carbonyl (C=O) groups excluding carboxylic acids is 2. The maximum Gasteiger partial charge on any atom is 0.252 e. The molecule has 1 atom stereocenters. The number of amides is 2. The SMILES string of the molecule is CCn1c(SCC(=O)Nc2ccc(C)c(C)c2)nnc1[C@H](C)NC(=O)c1ccccc1C. The van der Waals surface area contributed by atoms with Gasteiger partial charge in [-0.05, 0) is 69.5 Å². The van der Waals surface area contributed by atoms with Gasteiger partial charge in [0.2, 0.25) is 5.91 Å². The van der Waals surface area contributed by atoms with Gasteiger partial charge in [0.05, 0.1) is 11.8 Å². The molecule has 0 unspecified atom stereocenters. The van der Waals surface area contributed by atoms with Crippen molar-refractivity contribution in [1.29, 1.82) is 0 Å². The minimum atomic E-state index is -0.326. The second kappa shape index (κ2) is 10.5. The monoisotopic (exact) mass is 451 g/mol. The zero-order valence-electron chi connectivity index (χ0n) is 19.1. The quantitative estimate of drug-likeness (QED) is 0.494. The Bertz CT molecular complexity index is 1130. The van der Waals surface area contributed by atoms with Gasteiger partial charge in [0.25, 0.3) is 5.91 Å². The second-order valence-corrected chi connectivity index (χ2v) is 8.67. The molecule has 3 aromatic rings. The number of rotatable bonds is 8. The molecule has 0 saturated heterocycles. The first-order valence-electron chi connectivity index (χ1n) is 10.6. The van der Waals surface area contributed by atoms with Crippen LogP contribution in [0.15, 0.2) is 47.6 Å². The predicted molar refractivity (Wildman–Crippen MR) is 128 cm³/mol. The molecule has 7 nitrogen and oxygen atoms in total. The van der Waals surface area contributed by atoms with Gasteiger partial charge in [0.1, 0.15) is 0 Å². The molecule has 2 aromatic carbocycles. The number of nitrogens with one attached hydrogen (secondary N) is 2. The molecular weight excluding hydrogens is 422 g/mol. The summed E-state index contributed by atoms with van der Waals surface area (Å²) in [4.78, 5) is 25.1. The molecule has 2 amide bonds. The maximum absolute atomic E-state index is 12.7. The highest BCUT2D eigenvalue weighted by Gasteiger charge is 2.20. The maximum atomic E-state index is 12.7. The van der Waals surface area contributed by atoms with E-state index in [-0.39, 0.29) is 23.6 Å². The lowest BCUT2D eigenvalue weighted by Gasteiger charge is -2.16. The van der Waals surface area contributed by atoms with Crippen molar-refractivity contribution in [2.45, 2.75) is 52.4 Å². The predicted octanol–water partition coefficient (Wildman–Crippen LogP) is 4.45. The number of aryl methyl sites for hydroxylation is 3. The lowest BCUT2D eigenvalue weighted by atomic mass is 10.1. The van der Waals surface area contributed by atoms with Crippen LogP contribution in [0.25, 0.3) is 0 Å². The fourth-order valence-corrected chi connectivity index (χ4v) is 4.15. The molecule has 32 heavy (non-hydrogen) atoms. The van der Waals surface area contributed by atoms with E-state index in [0.717, 1.165) is 16.8 Å².